The van der Waals surface area contributed by atoms with Crippen LogP contribution < -0.4 is 5.32 Å². The summed E-state index contributed by atoms with van der Waals surface area (Å²) in [5.74, 6) is 0.613. The quantitative estimate of drug-likeness (QED) is 0.556. The zero-order valence-corrected chi connectivity index (χ0v) is 5.11. The van der Waals surface area contributed by atoms with Crippen LogP contribution in [0, 0.1) is 5.92 Å². The lowest BCUT2D eigenvalue weighted by molar-refractivity contribution is -0.122. The standard InChI is InChI=1S/C6H11NO/c1-2-7-6(8)5-3-4-5/h5H,2-4H2,1H3,(H,7,8). The van der Waals surface area contributed by atoms with Gasteiger partial charge in [0.1, 0.15) is 0 Å². The van der Waals surface area contributed by atoms with Gasteiger partial charge in [0.2, 0.25) is 5.91 Å². The monoisotopic (exact) mass is 113 g/mol. The van der Waals surface area contributed by atoms with E-state index in [4.69, 9.17) is 0 Å². The lowest BCUT2D eigenvalue weighted by atomic mass is 10.4. The molecule has 0 radical (unpaired) electrons. The van der Waals surface area contributed by atoms with Crippen molar-refractivity contribution >= 4 is 5.91 Å². The zero-order chi connectivity index (χ0) is 5.98. The highest BCUT2D eigenvalue weighted by atomic mass is 16.2. The molecule has 0 spiro atoms. The van der Waals surface area contributed by atoms with Crippen LogP contribution in [0.15, 0.2) is 0 Å². The Balaban J connectivity index is 2.13. The van der Waals surface area contributed by atoms with E-state index in [9.17, 15) is 4.79 Å². The largest absolute Gasteiger partial charge is 0.356 e. The molecule has 0 saturated heterocycles. The van der Waals surface area contributed by atoms with Gasteiger partial charge in [-0.3, -0.25) is 4.79 Å². The Hall–Kier alpha value is -0.530. The summed E-state index contributed by atoms with van der Waals surface area (Å²) in [6, 6.07) is 0. The van der Waals surface area contributed by atoms with Gasteiger partial charge in [0.15, 0.2) is 0 Å². The van der Waals surface area contributed by atoms with Crippen LogP contribution in [0.5, 0.6) is 0 Å². The first-order chi connectivity index (χ1) is 3.84. The first-order valence-electron chi connectivity index (χ1n) is 3.12. The molecule has 8 heavy (non-hydrogen) atoms. The molecular weight excluding hydrogens is 102 g/mol. The molecular formula is C6H11NO. The van der Waals surface area contributed by atoms with E-state index in [0.29, 0.717) is 5.92 Å². The average molecular weight is 113 g/mol. The summed E-state index contributed by atoms with van der Waals surface area (Å²) in [7, 11) is 0. The van der Waals surface area contributed by atoms with Crippen molar-refractivity contribution in [3.8, 4) is 0 Å². The summed E-state index contributed by atoms with van der Waals surface area (Å²) in [6.45, 7) is 2.72. The van der Waals surface area contributed by atoms with Crippen molar-refractivity contribution < 1.29 is 4.79 Å². The van der Waals surface area contributed by atoms with Gasteiger partial charge in [-0.05, 0) is 19.8 Å². The van der Waals surface area contributed by atoms with Gasteiger partial charge < -0.3 is 5.32 Å². The van der Waals surface area contributed by atoms with E-state index < -0.39 is 0 Å². The summed E-state index contributed by atoms with van der Waals surface area (Å²) in [4.78, 5) is 10.7. The third-order valence-corrected chi connectivity index (χ3v) is 1.30. The maximum Gasteiger partial charge on any atom is 0.223 e. The van der Waals surface area contributed by atoms with Crippen LogP contribution in [0.4, 0.5) is 0 Å². The van der Waals surface area contributed by atoms with Crippen LogP contribution in [-0.2, 0) is 4.79 Å². The van der Waals surface area contributed by atoms with Crippen LogP contribution in [-0.4, -0.2) is 12.5 Å². The van der Waals surface area contributed by atoms with E-state index in [0.717, 1.165) is 19.4 Å². The second kappa shape index (κ2) is 2.16. The third-order valence-electron chi connectivity index (χ3n) is 1.30. The molecule has 0 aromatic heterocycles. The van der Waals surface area contributed by atoms with Crippen LogP contribution in [0.3, 0.4) is 0 Å². The van der Waals surface area contributed by atoms with Crippen LogP contribution in [0.2, 0.25) is 0 Å². The smallest absolute Gasteiger partial charge is 0.223 e. The van der Waals surface area contributed by atoms with E-state index >= 15 is 0 Å². The number of carbonyl (C=O) groups is 1. The Labute approximate surface area is 49.3 Å². The highest BCUT2D eigenvalue weighted by Gasteiger charge is 2.28. The first kappa shape index (κ1) is 5.60. The molecule has 2 heteroatoms. The molecule has 1 aliphatic carbocycles. The molecule has 1 fully saturated rings. The topological polar surface area (TPSA) is 29.1 Å². The molecule has 0 heterocycles. The van der Waals surface area contributed by atoms with Gasteiger partial charge in [0, 0.05) is 12.5 Å². The van der Waals surface area contributed by atoms with Crippen LogP contribution in [0.25, 0.3) is 0 Å². The van der Waals surface area contributed by atoms with Gasteiger partial charge >= 0.3 is 0 Å². The molecule has 1 rings (SSSR count). The molecule has 1 amide bonds. The van der Waals surface area contributed by atoms with Crippen molar-refractivity contribution in [3.63, 3.8) is 0 Å². The first-order valence-corrected chi connectivity index (χ1v) is 3.12. The third kappa shape index (κ3) is 1.22. The van der Waals surface area contributed by atoms with E-state index in [-0.39, 0.29) is 5.91 Å². The molecule has 1 saturated carbocycles. The van der Waals surface area contributed by atoms with Gasteiger partial charge in [-0.15, -0.1) is 0 Å². The van der Waals surface area contributed by atoms with Crippen molar-refractivity contribution in [2.24, 2.45) is 5.92 Å². The number of amides is 1. The number of rotatable bonds is 2. The minimum atomic E-state index is 0.243. The molecule has 0 aromatic carbocycles. The lowest BCUT2D eigenvalue weighted by Gasteiger charge is -1.95. The summed E-state index contributed by atoms with van der Waals surface area (Å²) in [5, 5.41) is 2.77. The van der Waals surface area contributed by atoms with Crippen molar-refractivity contribution in [2.45, 2.75) is 19.8 Å². The van der Waals surface area contributed by atoms with Gasteiger partial charge in [0.05, 0.1) is 0 Å². The molecule has 46 valence electrons. The van der Waals surface area contributed by atoms with Gasteiger partial charge in [-0.1, -0.05) is 0 Å². The Morgan fingerprint density at radius 1 is 1.75 bits per heavy atom. The van der Waals surface area contributed by atoms with Crippen LogP contribution in [0.1, 0.15) is 19.8 Å². The maximum atomic E-state index is 10.7. The van der Waals surface area contributed by atoms with Crippen molar-refractivity contribution in [3.05, 3.63) is 0 Å². The van der Waals surface area contributed by atoms with E-state index in [2.05, 4.69) is 5.32 Å². The molecule has 0 atom stereocenters. The number of carbonyl (C=O) groups excluding carboxylic acids is 1. The fourth-order valence-electron chi connectivity index (χ4n) is 0.664. The number of hydrogen-bond donors (Lipinski definition) is 1. The van der Waals surface area contributed by atoms with E-state index in [1.54, 1.807) is 0 Å². The Bertz CT molecular complexity index is 96.7. The Morgan fingerprint density at radius 2 is 2.38 bits per heavy atom. The number of nitrogens with one attached hydrogen (secondary N) is 1. The predicted molar refractivity (Wildman–Crippen MR) is 31.4 cm³/mol. The van der Waals surface area contributed by atoms with Gasteiger partial charge in [-0.2, -0.15) is 0 Å². The van der Waals surface area contributed by atoms with Crippen molar-refractivity contribution in [1.82, 2.24) is 5.32 Å². The molecule has 1 aliphatic rings. The molecule has 2 nitrogen and oxygen atoms in total. The summed E-state index contributed by atoms with van der Waals surface area (Å²) in [6.07, 6.45) is 2.21. The molecule has 0 aliphatic heterocycles. The van der Waals surface area contributed by atoms with E-state index in [1.807, 2.05) is 6.92 Å². The number of hydrogen-bond acceptors (Lipinski definition) is 1. The fourth-order valence-corrected chi connectivity index (χ4v) is 0.664. The van der Waals surface area contributed by atoms with Gasteiger partial charge in [-0.25, -0.2) is 0 Å². The average Bonchev–Trinajstić information content (AvgIpc) is 2.45. The van der Waals surface area contributed by atoms with E-state index in [1.165, 1.54) is 0 Å². The molecule has 0 unspecified atom stereocenters. The summed E-state index contributed by atoms with van der Waals surface area (Å²) >= 11 is 0. The second-order valence-corrected chi connectivity index (χ2v) is 2.17. The van der Waals surface area contributed by atoms with Crippen LogP contribution >= 0.6 is 0 Å². The second-order valence-electron chi connectivity index (χ2n) is 2.17. The molecule has 0 aromatic rings. The fraction of sp³-hybridized carbons (Fsp3) is 0.833. The minimum absolute atomic E-state index is 0.243. The molecule has 0 bridgehead atoms. The predicted octanol–water partition coefficient (Wildman–Crippen LogP) is 0.532. The summed E-state index contributed by atoms with van der Waals surface area (Å²) < 4.78 is 0. The summed E-state index contributed by atoms with van der Waals surface area (Å²) in [5.41, 5.74) is 0. The zero-order valence-electron chi connectivity index (χ0n) is 5.11. The highest BCUT2D eigenvalue weighted by Crippen LogP contribution is 2.28. The SMILES string of the molecule is CCNC(=O)C1CC1. The Morgan fingerprint density at radius 3 is 2.75 bits per heavy atom. The lowest BCUT2D eigenvalue weighted by Crippen LogP contribution is -2.23. The minimum Gasteiger partial charge on any atom is -0.356 e. The highest BCUT2D eigenvalue weighted by molar-refractivity contribution is 5.80. The normalized spacial score (nSPS) is 18.1. The Kier molecular flexibility index (Phi) is 1.51. The van der Waals surface area contributed by atoms with Crippen molar-refractivity contribution in [2.75, 3.05) is 6.54 Å². The van der Waals surface area contributed by atoms with Gasteiger partial charge in [0.25, 0.3) is 0 Å². The molecule has 1 N–H and O–H groups in total. The van der Waals surface area contributed by atoms with Crippen molar-refractivity contribution in [1.29, 1.82) is 0 Å². The maximum absolute atomic E-state index is 10.7.